The molecule has 2 aromatic carbocycles. The second-order valence-electron chi connectivity index (χ2n) is 4.04. The van der Waals surface area contributed by atoms with Crippen LogP contribution in [0.4, 0.5) is 8.78 Å². The summed E-state index contributed by atoms with van der Waals surface area (Å²) in [6, 6.07) is 7.74. The lowest BCUT2D eigenvalue weighted by Gasteiger charge is -2.14. The molecule has 1 atom stereocenters. The molecule has 0 amide bonds. The van der Waals surface area contributed by atoms with Crippen LogP contribution in [0.15, 0.2) is 39.3 Å². The summed E-state index contributed by atoms with van der Waals surface area (Å²) in [6.45, 7) is 0. The highest BCUT2D eigenvalue weighted by atomic mass is 79.9. The van der Waals surface area contributed by atoms with Crippen LogP contribution in [0.25, 0.3) is 0 Å². The lowest BCUT2D eigenvalue weighted by Crippen LogP contribution is -2.01. The van der Waals surface area contributed by atoms with Crippen LogP contribution in [-0.4, -0.2) is 7.11 Å². The predicted octanol–water partition coefficient (Wildman–Crippen LogP) is 5.98. The summed E-state index contributed by atoms with van der Waals surface area (Å²) in [6.07, 6.45) is 0. The van der Waals surface area contributed by atoms with Gasteiger partial charge in [-0.3, -0.25) is 0 Å². The minimum absolute atomic E-state index is 0.0229. The van der Waals surface area contributed by atoms with Crippen molar-refractivity contribution in [2.45, 2.75) is 4.83 Å². The molecule has 2 aromatic rings. The average molecular weight is 471 g/mol. The van der Waals surface area contributed by atoms with Gasteiger partial charge in [0.25, 0.3) is 0 Å². The van der Waals surface area contributed by atoms with Gasteiger partial charge in [-0.25, -0.2) is 8.78 Å². The van der Waals surface area contributed by atoms with E-state index in [2.05, 4.69) is 47.8 Å². The van der Waals surface area contributed by atoms with Crippen LogP contribution in [0.2, 0.25) is 0 Å². The third-order valence-corrected chi connectivity index (χ3v) is 4.83. The molecule has 1 nitrogen and oxygen atoms in total. The number of alkyl halides is 1. The van der Waals surface area contributed by atoms with Crippen molar-refractivity contribution in [1.29, 1.82) is 0 Å². The lowest BCUT2D eigenvalue weighted by molar-refractivity contribution is 0.412. The predicted molar refractivity (Wildman–Crippen MR) is 85.5 cm³/mol. The molecule has 0 spiro atoms. The Bertz CT molecular complexity index is 623. The molecule has 6 heteroatoms. The summed E-state index contributed by atoms with van der Waals surface area (Å²) < 4.78 is 34.1. The van der Waals surface area contributed by atoms with E-state index in [0.717, 1.165) is 10.0 Å². The second kappa shape index (κ2) is 6.54. The van der Waals surface area contributed by atoms with Crippen LogP contribution in [0, 0.1) is 11.6 Å². The van der Waals surface area contributed by atoms with Crippen LogP contribution in [0.1, 0.15) is 16.0 Å². The number of halogens is 5. The van der Waals surface area contributed by atoms with Gasteiger partial charge in [-0.15, -0.1) is 0 Å². The number of methoxy groups -OCH3 is 1. The molecule has 0 radical (unpaired) electrons. The van der Waals surface area contributed by atoms with E-state index >= 15 is 0 Å². The average Bonchev–Trinajstić information content (AvgIpc) is 2.37. The van der Waals surface area contributed by atoms with Crippen molar-refractivity contribution in [3.63, 3.8) is 0 Å². The Labute approximate surface area is 140 Å². The van der Waals surface area contributed by atoms with E-state index in [1.807, 2.05) is 0 Å². The van der Waals surface area contributed by atoms with Gasteiger partial charge in [-0.1, -0.05) is 37.9 Å². The fourth-order valence-corrected chi connectivity index (χ4v) is 3.48. The first kappa shape index (κ1) is 15.9. The molecule has 0 aliphatic heterocycles. The molecule has 20 heavy (non-hydrogen) atoms. The molecule has 0 aromatic heterocycles. The molecular formula is C14H9Br3F2O. The molecule has 0 aliphatic rings. The lowest BCUT2D eigenvalue weighted by atomic mass is 10.0. The van der Waals surface area contributed by atoms with Crippen LogP contribution in [0.5, 0.6) is 5.75 Å². The first-order chi connectivity index (χ1) is 9.43. The Hall–Kier alpha value is -0.460. The van der Waals surface area contributed by atoms with Gasteiger partial charge in [0.15, 0.2) is 0 Å². The molecule has 0 heterocycles. The van der Waals surface area contributed by atoms with E-state index in [-0.39, 0.29) is 5.56 Å². The van der Waals surface area contributed by atoms with Gasteiger partial charge in [0, 0.05) is 10.0 Å². The maximum atomic E-state index is 14.0. The standard InChI is InChI=1S/C14H9Br3F2O/c1-20-12-3-2-7(4-9(12)16)14(17)13-10(18)5-8(15)6-11(13)19/h2-6,14H,1H3. The van der Waals surface area contributed by atoms with Gasteiger partial charge in [-0.05, 0) is 45.8 Å². The fourth-order valence-electron chi connectivity index (χ4n) is 1.80. The van der Waals surface area contributed by atoms with Crippen molar-refractivity contribution in [2.75, 3.05) is 7.11 Å². The Morgan fingerprint density at radius 1 is 1.05 bits per heavy atom. The van der Waals surface area contributed by atoms with Crippen molar-refractivity contribution >= 4 is 47.8 Å². The maximum Gasteiger partial charge on any atom is 0.133 e. The monoisotopic (exact) mass is 468 g/mol. The fraction of sp³-hybridized carbons (Fsp3) is 0.143. The summed E-state index contributed by atoms with van der Waals surface area (Å²) in [5.74, 6) is -0.554. The van der Waals surface area contributed by atoms with Crippen LogP contribution in [-0.2, 0) is 0 Å². The Balaban J connectivity index is 2.46. The van der Waals surface area contributed by atoms with Crippen molar-refractivity contribution in [1.82, 2.24) is 0 Å². The van der Waals surface area contributed by atoms with Crippen LogP contribution >= 0.6 is 47.8 Å². The first-order valence-corrected chi connectivity index (χ1v) is 8.06. The summed E-state index contributed by atoms with van der Waals surface area (Å²) in [7, 11) is 1.56. The summed E-state index contributed by atoms with van der Waals surface area (Å²) >= 11 is 9.76. The molecule has 2 rings (SSSR count). The number of hydrogen-bond donors (Lipinski definition) is 0. The Kier molecular flexibility index (Phi) is 5.20. The molecule has 0 saturated carbocycles. The third-order valence-electron chi connectivity index (χ3n) is 2.77. The topological polar surface area (TPSA) is 9.23 Å². The molecule has 0 saturated heterocycles. The maximum absolute atomic E-state index is 14.0. The van der Waals surface area contributed by atoms with E-state index in [9.17, 15) is 8.78 Å². The minimum Gasteiger partial charge on any atom is -0.496 e. The molecule has 0 N–H and O–H groups in total. The summed E-state index contributed by atoms with van der Waals surface area (Å²) in [4.78, 5) is -0.585. The highest BCUT2D eigenvalue weighted by Crippen LogP contribution is 2.38. The largest absolute Gasteiger partial charge is 0.496 e. The van der Waals surface area contributed by atoms with E-state index in [4.69, 9.17) is 4.74 Å². The van der Waals surface area contributed by atoms with Crippen LogP contribution < -0.4 is 4.74 Å². The quantitative estimate of drug-likeness (QED) is 0.501. The van der Waals surface area contributed by atoms with Gasteiger partial charge in [-0.2, -0.15) is 0 Å². The van der Waals surface area contributed by atoms with Crippen molar-refractivity contribution in [2.24, 2.45) is 0 Å². The van der Waals surface area contributed by atoms with E-state index in [1.165, 1.54) is 12.1 Å². The zero-order valence-electron chi connectivity index (χ0n) is 10.3. The number of ether oxygens (including phenoxy) is 1. The van der Waals surface area contributed by atoms with E-state index in [0.29, 0.717) is 10.2 Å². The molecule has 0 bridgehead atoms. The number of benzene rings is 2. The summed E-state index contributed by atoms with van der Waals surface area (Å²) in [5, 5.41) is 0. The number of hydrogen-bond acceptors (Lipinski definition) is 1. The number of rotatable bonds is 3. The second-order valence-corrected chi connectivity index (χ2v) is 6.73. The SMILES string of the molecule is COc1ccc(C(Br)c2c(F)cc(Br)cc2F)cc1Br. The normalized spacial score (nSPS) is 12.3. The van der Waals surface area contributed by atoms with Gasteiger partial charge < -0.3 is 4.74 Å². The van der Waals surface area contributed by atoms with Gasteiger partial charge in [0.1, 0.15) is 17.4 Å². The molecule has 0 aliphatic carbocycles. The highest BCUT2D eigenvalue weighted by Gasteiger charge is 2.21. The first-order valence-electron chi connectivity index (χ1n) is 5.56. The zero-order chi connectivity index (χ0) is 14.9. The molecule has 1 unspecified atom stereocenters. The van der Waals surface area contributed by atoms with Crippen LogP contribution in [0.3, 0.4) is 0 Å². The van der Waals surface area contributed by atoms with Gasteiger partial charge >= 0.3 is 0 Å². The molecule has 106 valence electrons. The Morgan fingerprint density at radius 2 is 1.65 bits per heavy atom. The van der Waals surface area contributed by atoms with Gasteiger partial charge in [0.2, 0.25) is 0 Å². The smallest absolute Gasteiger partial charge is 0.133 e. The summed E-state index contributed by atoms with van der Waals surface area (Å²) in [5.41, 5.74) is 0.697. The van der Waals surface area contributed by atoms with Gasteiger partial charge in [0.05, 0.1) is 16.4 Å². The minimum atomic E-state index is -0.606. The zero-order valence-corrected chi connectivity index (χ0v) is 15.0. The van der Waals surface area contributed by atoms with Crippen molar-refractivity contribution in [3.8, 4) is 5.75 Å². The van der Waals surface area contributed by atoms with E-state index in [1.54, 1.807) is 25.3 Å². The van der Waals surface area contributed by atoms with Crippen molar-refractivity contribution < 1.29 is 13.5 Å². The Morgan fingerprint density at radius 3 is 2.15 bits per heavy atom. The van der Waals surface area contributed by atoms with Crippen molar-refractivity contribution in [3.05, 3.63) is 62.0 Å². The third kappa shape index (κ3) is 3.23. The molecular weight excluding hydrogens is 462 g/mol. The van der Waals surface area contributed by atoms with E-state index < -0.39 is 16.5 Å². The molecule has 0 fully saturated rings. The highest BCUT2D eigenvalue weighted by molar-refractivity contribution is 9.11.